The Morgan fingerprint density at radius 3 is 2.55 bits per heavy atom. The summed E-state index contributed by atoms with van der Waals surface area (Å²) in [5.41, 5.74) is -0.477. The van der Waals surface area contributed by atoms with Crippen LogP contribution in [0.2, 0.25) is 0 Å². The molecule has 0 unspecified atom stereocenters. The molecule has 0 bridgehead atoms. The normalized spacial score (nSPS) is 29.2. The Bertz CT molecular complexity index is 377. The van der Waals surface area contributed by atoms with Crippen LogP contribution in [-0.2, 0) is 14.3 Å². The Labute approximate surface area is 119 Å². The average molecular weight is 284 g/mol. The first kappa shape index (κ1) is 15.1. The summed E-state index contributed by atoms with van der Waals surface area (Å²) >= 11 is 0. The van der Waals surface area contributed by atoms with E-state index in [0.29, 0.717) is 25.6 Å². The van der Waals surface area contributed by atoms with Crippen LogP contribution >= 0.6 is 0 Å². The quantitative estimate of drug-likeness (QED) is 0.770. The Hall–Kier alpha value is -1.30. The van der Waals surface area contributed by atoms with Crippen molar-refractivity contribution in [3.8, 4) is 0 Å². The summed E-state index contributed by atoms with van der Waals surface area (Å²) in [7, 11) is 0. The summed E-state index contributed by atoms with van der Waals surface area (Å²) in [5.74, 6) is 0.114. The number of hydrogen-bond acceptors (Lipinski definition) is 5. The number of amides is 1. The summed E-state index contributed by atoms with van der Waals surface area (Å²) in [6.07, 6.45) is 0.449. The predicted octanol–water partition coefficient (Wildman–Crippen LogP) is 1.15. The van der Waals surface area contributed by atoms with Crippen LogP contribution in [0, 0.1) is 5.92 Å². The Balaban J connectivity index is 1.85. The van der Waals surface area contributed by atoms with Crippen molar-refractivity contribution < 1.29 is 19.1 Å². The zero-order chi connectivity index (χ0) is 14.9. The maximum absolute atomic E-state index is 12.0. The summed E-state index contributed by atoms with van der Waals surface area (Å²) in [4.78, 5) is 25.4. The molecule has 6 nitrogen and oxygen atoms in total. The number of nitrogens with zero attached hydrogens (tertiary/aromatic N) is 1. The minimum atomic E-state index is -0.477. The third kappa shape index (κ3) is 3.42. The molecule has 0 saturated carbocycles. The zero-order valence-corrected chi connectivity index (χ0v) is 12.6. The van der Waals surface area contributed by atoms with Gasteiger partial charge < -0.3 is 14.4 Å². The Kier molecular flexibility index (Phi) is 4.22. The van der Waals surface area contributed by atoms with Crippen LogP contribution in [0.1, 0.15) is 34.1 Å². The molecule has 0 aromatic heterocycles. The van der Waals surface area contributed by atoms with Crippen LogP contribution in [0.25, 0.3) is 0 Å². The van der Waals surface area contributed by atoms with Gasteiger partial charge in [-0.05, 0) is 40.0 Å². The van der Waals surface area contributed by atoms with Gasteiger partial charge in [-0.2, -0.15) is 0 Å². The van der Waals surface area contributed by atoms with Crippen molar-refractivity contribution in [2.24, 2.45) is 5.92 Å². The largest absolute Gasteiger partial charge is 0.465 e. The number of hydrogen-bond donors (Lipinski definition) is 1. The van der Waals surface area contributed by atoms with Gasteiger partial charge in [0.25, 0.3) is 0 Å². The van der Waals surface area contributed by atoms with Gasteiger partial charge in [-0.25, -0.2) is 4.79 Å². The minimum Gasteiger partial charge on any atom is -0.465 e. The summed E-state index contributed by atoms with van der Waals surface area (Å²) in [6.45, 7) is 9.01. The molecular weight excluding hydrogens is 260 g/mol. The molecule has 0 aliphatic carbocycles. The highest BCUT2D eigenvalue weighted by Gasteiger charge is 2.45. The third-order valence-corrected chi connectivity index (χ3v) is 3.62. The summed E-state index contributed by atoms with van der Waals surface area (Å²) < 4.78 is 10.4. The predicted molar refractivity (Wildman–Crippen MR) is 73.3 cm³/mol. The Morgan fingerprint density at radius 1 is 1.30 bits per heavy atom. The molecule has 2 aliphatic heterocycles. The molecule has 2 heterocycles. The highest BCUT2D eigenvalue weighted by Crippen LogP contribution is 2.29. The number of carbonyl (C=O) groups is 2. The first-order valence-corrected chi connectivity index (χ1v) is 7.20. The fourth-order valence-corrected chi connectivity index (χ4v) is 2.81. The standard InChI is InChI=1S/C14H24N2O4/c1-5-19-12(17)10-6-9-7-16(8-11(9)15-10)13(18)20-14(2,3)4/h9-11,15H,5-8H2,1-4H3/t9-,10+,11+/m0/s1. The van der Waals surface area contributed by atoms with Gasteiger partial charge >= 0.3 is 12.1 Å². The number of rotatable bonds is 2. The van der Waals surface area contributed by atoms with E-state index in [0.717, 1.165) is 6.42 Å². The molecule has 2 aliphatic rings. The van der Waals surface area contributed by atoms with Crippen molar-refractivity contribution in [1.82, 2.24) is 10.2 Å². The molecule has 114 valence electrons. The van der Waals surface area contributed by atoms with Crippen LogP contribution in [0.4, 0.5) is 4.79 Å². The summed E-state index contributed by atoms with van der Waals surface area (Å²) in [6, 6.07) is -0.0670. The number of esters is 1. The zero-order valence-electron chi connectivity index (χ0n) is 12.6. The average Bonchev–Trinajstić information content (AvgIpc) is 2.83. The van der Waals surface area contributed by atoms with Crippen LogP contribution in [-0.4, -0.2) is 54.3 Å². The van der Waals surface area contributed by atoms with Crippen LogP contribution < -0.4 is 5.32 Å². The minimum absolute atomic E-state index is 0.164. The van der Waals surface area contributed by atoms with E-state index in [-0.39, 0.29) is 24.1 Å². The fraction of sp³-hybridized carbons (Fsp3) is 0.857. The van der Waals surface area contributed by atoms with E-state index < -0.39 is 5.60 Å². The second-order valence-corrected chi connectivity index (χ2v) is 6.46. The van der Waals surface area contributed by atoms with Gasteiger partial charge in [-0.1, -0.05) is 0 Å². The van der Waals surface area contributed by atoms with Crippen LogP contribution in [0.3, 0.4) is 0 Å². The first-order chi connectivity index (χ1) is 9.30. The molecule has 0 radical (unpaired) electrons. The van der Waals surface area contributed by atoms with Crippen molar-refractivity contribution in [2.45, 2.75) is 51.8 Å². The van der Waals surface area contributed by atoms with Gasteiger partial charge in [-0.15, -0.1) is 0 Å². The molecular formula is C14H24N2O4. The third-order valence-electron chi connectivity index (χ3n) is 3.62. The van der Waals surface area contributed by atoms with Crippen LogP contribution in [0.15, 0.2) is 0 Å². The lowest BCUT2D eigenvalue weighted by molar-refractivity contribution is -0.145. The highest BCUT2D eigenvalue weighted by molar-refractivity contribution is 5.76. The van der Waals surface area contributed by atoms with Gasteiger partial charge in [0.05, 0.1) is 6.61 Å². The molecule has 0 aromatic rings. The van der Waals surface area contributed by atoms with Gasteiger partial charge in [0.1, 0.15) is 11.6 Å². The van der Waals surface area contributed by atoms with E-state index >= 15 is 0 Å². The lowest BCUT2D eigenvalue weighted by Gasteiger charge is -2.25. The van der Waals surface area contributed by atoms with E-state index in [1.165, 1.54) is 0 Å². The maximum atomic E-state index is 12.0. The van der Waals surface area contributed by atoms with E-state index in [1.807, 2.05) is 20.8 Å². The molecule has 2 saturated heterocycles. The number of likely N-dealkylation sites (tertiary alicyclic amines) is 1. The van der Waals surface area contributed by atoms with Crippen molar-refractivity contribution in [3.63, 3.8) is 0 Å². The van der Waals surface area contributed by atoms with Crippen molar-refractivity contribution >= 4 is 12.1 Å². The second kappa shape index (κ2) is 5.60. The van der Waals surface area contributed by atoms with Crippen molar-refractivity contribution in [2.75, 3.05) is 19.7 Å². The fourth-order valence-electron chi connectivity index (χ4n) is 2.81. The maximum Gasteiger partial charge on any atom is 0.410 e. The summed E-state index contributed by atoms with van der Waals surface area (Å²) in [5, 5.41) is 3.26. The monoisotopic (exact) mass is 284 g/mol. The van der Waals surface area contributed by atoms with Gasteiger partial charge in [0, 0.05) is 19.1 Å². The molecule has 20 heavy (non-hydrogen) atoms. The van der Waals surface area contributed by atoms with E-state index in [2.05, 4.69) is 5.32 Å². The molecule has 2 rings (SSSR count). The SMILES string of the molecule is CCOC(=O)[C@H]1C[C@H]2CN(C(=O)OC(C)(C)C)C[C@H]2N1. The second-order valence-electron chi connectivity index (χ2n) is 6.46. The van der Waals surface area contributed by atoms with E-state index in [9.17, 15) is 9.59 Å². The number of fused-ring (bicyclic) bond motifs is 1. The van der Waals surface area contributed by atoms with E-state index in [4.69, 9.17) is 9.47 Å². The van der Waals surface area contributed by atoms with Gasteiger partial charge in [-0.3, -0.25) is 10.1 Å². The molecule has 6 heteroatoms. The van der Waals surface area contributed by atoms with E-state index in [1.54, 1.807) is 11.8 Å². The molecule has 0 aromatic carbocycles. The molecule has 2 fully saturated rings. The Morgan fingerprint density at radius 2 is 2.00 bits per heavy atom. The molecule has 1 N–H and O–H groups in total. The van der Waals surface area contributed by atoms with Gasteiger partial charge in [0.15, 0.2) is 0 Å². The molecule has 1 amide bonds. The van der Waals surface area contributed by atoms with Crippen molar-refractivity contribution in [3.05, 3.63) is 0 Å². The topological polar surface area (TPSA) is 67.9 Å². The number of nitrogens with one attached hydrogen (secondary N) is 1. The molecule has 0 spiro atoms. The van der Waals surface area contributed by atoms with Crippen LogP contribution in [0.5, 0.6) is 0 Å². The number of carbonyl (C=O) groups excluding carboxylic acids is 2. The van der Waals surface area contributed by atoms with Crippen molar-refractivity contribution in [1.29, 1.82) is 0 Å². The lowest BCUT2D eigenvalue weighted by atomic mass is 10.0. The van der Waals surface area contributed by atoms with Gasteiger partial charge in [0.2, 0.25) is 0 Å². The highest BCUT2D eigenvalue weighted by atomic mass is 16.6. The smallest absolute Gasteiger partial charge is 0.410 e. The lowest BCUT2D eigenvalue weighted by Crippen LogP contribution is -2.42. The molecule has 3 atom stereocenters. The first-order valence-electron chi connectivity index (χ1n) is 7.20. The number of ether oxygens (including phenoxy) is 2.